The summed E-state index contributed by atoms with van der Waals surface area (Å²) in [5.74, 6) is -2.67. The SMILES string of the molecule is CC(C)N1CCCC[C@H]1C(=O)N[C@H](C(=O)N[C@H](C(=O)N1C[C@]2(C[C@H]1C(=O)O)C(C)(C)C21CCC1)C(C)(C)C)C1CCCCC1.COC(=O)[C@@H]1C[C@@]2(CN1C(=O)[C@@H](NC(=O)[C@@H](NC(=O)[C@@H]1CCCCN1C(C)C)C1CCCCC1)C(C)(C)C)C(C)(C)C21CCC1. The van der Waals surface area contributed by atoms with Crippen molar-refractivity contribution in [3.8, 4) is 0 Å². The summed E-state index contributed by atoms with van der Waals surface area (Å²) in [6, 6.07) is -4.78. The lowest BCUT2D eigenvalue weighted by molar-refractivity contribution is -0.153. The molecule has 0 radical (unpaired) electrons. The Bertz CT molecular complexity index is 2640. The highest BCUT2D eigenvalue weighted by atomic mass is 16.5. The van der Waals surface area contributed by atoms with Crippen molar-refractivity contribution in [2.24, 2.45) is 55.2 Å². The van der Waals surface area contributed by atoms with Gasteiger partial charge >= 0.3 is 11.9 Å². The molecular formula is C71H118N8O10. The average molecular weight is 1240 g/mol. The molecule has 4 saturated heterocycles. The van der Waals surface area contributed by atoms with E-state index in [-0.39, 0.29) is 110 Å². The van der Waals surface area contributed by atoms with Crippen LogP contribution in [-0.2, 0) is 43.1 Å². The summed E-state index contributed by atoms with van der Waals surface area (Å²) in [5, 5.41) is 22.9. The molecule has 6 amide bonds. The van der Waals surface area contributed by atoms with Gasteiger partial charge in [0.1, 0.15) is 36.3 Å². The fourth-order valence-electron chi connectivity index (χ4n) is 20.3. The van der Waals surface area contributed by atoms with Crippen LogP contribution in [0.1, 0.15) is 251 Å². The summed E-state index contributed by atoms with van der Waals surface area (Å²) in [7, 11) is 1.39. The highest BCUT2D eigenvalue weighted by molar-refractivity contribution is 5.97. The van der Waals surface area contributed by atoms with Crippen LogP contribution in [-0.4, -0.2) is 166 Å². The van der Waals surface area contributed by atoms with E-state index in [9.17, 15) is 43.5 Å². The molecule has 10 rings (SSSR count). The Morgan fingerprint density at radius 3 is 1.11 bits per heavy atom. The number of fused-ring (bicyclic) bond motifs is 2. The third-order valence-corrected chi connectivity index (χ3v) is 26.2. The van der Waals surface area contributed by atoms with Crippen LogP contribution >= 0.6 is 0 Å². The number of esters is 1. The molecule has 10 fully saturated rings. The summed E-state index contributed by atoms with van der Waals surface area (Å²) in [6.45, 7) is 31.9. The second-order valence-corrected chi connectivity index (χ2v) is 33.6. The van der Waals surface area contributed by atoms with Gasteiger partial charge in [0.05, 0.1) is 19.2 Å². The molecule has 4 heterocycles. The Labute approximate surface area is 534 Å². The van der Waals surface area contributed by atoms with Crippen LogP contribution in [0.4, 0.5) is 0 Å². The molecule has 6 saturated carbocycles. The van der Waals surface area contributed by atoms with E-state index >= 15 is 0 Å². The largest absolute Gasteiger partial charge is 0.480 e. The number of aliphatic carboxylic acids is 1. The topological polar surface area (TPSA) is 227 Å². The van der Waals surface area contributed by atoms with Gasteiger partial charge in [0.25, 0.3) is 0 Å². The van der Waals surface area contributed by atoms with Crippen LogP contribution in [0, 0.1) is 55.2 Å². The van der Waals surface area contributed by atoms with Gasteiger partial charge in [-0.05, 0) is 175 Å². The number of carboxylic acid groups (broad SMARTS) is 1. The van der Waals surface area contributed by atoms with Gasteiger partial charge in [-0.3, -0.25) is 38.6 Å². The van der Waals surface area contributed by atoms with Crippen molar-refractivity contribution in [3.05, 3.63) is 0 Å². The quantitative estimate of drug-likeness (QED) is 0.0911. The van der Waals surface area contributed by atoms with Crippen molar-refractivity contribution in [1.82, 2.24) is 40.9 Å². The lowest BCUT2D eigenvalue weighted by atomic mass is 9.73. The molecule has 10 atom stereocenters. The Hall–Kier alpha value is -4.32. The first-order valence-corrected chi connectivity index (χ1v) is 35.3. The van der Waals surface area contributed by atoms with E-state index < -0.39 is 53.1 Å². The average Bonchev–Trinajstić information content (AvgIpc) is 1.47. The summed E-state index contributed by atoms with van der Waals surface area (Å²) in [4.78, 5) is 119. The molecule has 0 aromatic rings. The number of carbonyl (C=O) groups is 8. The summed E-state index contributed by atoms with van der Waals surface area (Å²) >= 11 is 0. The van der Waals surface area contributed by atoms with Crippen LogP contribution in [0.5, 0.6) is 0 Å². The molecule has 4 aliphatic heterocycles. The number of nitrogens with one attached hydrogen (secondary N) is 4. The van der Waals surface area contributed by atoms with Crippen LogP contribution in [0.15, 0.2) is 0 Å². The molecule has 4 spiro atoms. The molecule has 6 aliphatic carbocycles. The zero-order valence-corrected chi connectivity index (χ0v) is 57.6. The van der Waals surface area contributed by atoms with E-state index in [1.165, 1.54) is 13.5 Å². The number of ether oxygens (including phenoxy) is 1. The van der Waals surface area contributed by atoms with Gasteiger partial charge in [-0.1, -0.05) is 133 Å². The second-order valence-electron chi connectivity index (χ2n) is 33.6. The molecule has 89 heavy (non-hydrogen) atoms. The maximum absolute atomic E-state index is 14.6. The fourth-order valence-corrected chi connectivity index (χ4v) is 20.3. The predicted molar refractivity (Wildman–Crippen MR) is 344 cm³/mol. The molecule has 10 aliphatic rings. The number of carbonyl (C=O) groups excluding carboxylic acids is 7. The maximum Gasteiger partial charge on any atom is 0.328 e. The number of carboxylic acids is 1. The van der Waals surface area contributed by atoms with Crippen molar-refractivity contribution in [3.63, 3.8) is 0 Å². The molecule has 0 unspecified atom stereocenters. The standard InChI is InChI=1S/C36H60N4O5.C35H58N4O5/c1-23(2)39-20-13-12-17-25(39)29(41)37-27(24-15-10-9-11-16-24)30(42)38-28(33(3,4)5)31(43)40-22-36(21-26(40)32(44)45-8)34(6,7)35(36)18-14-19-35;1-22(2)38-19-12-11-16-24(38)28(40)36-26(23-14-9-8-10-15-23)29(41)37-27(32(3,4)5)30(42)39-21-35(20-25(39)31(43)44)33(6,7)34(35)17-13-18-34/h23-28H,9-22H2,1-8H3,(H,37,41)(H,38,42);22-27H,8-21H2,1-7H3,(H,36,40)(H,37,41)(H,43,44)/t25-,26-,27-,28+,36+;24-,25-,26-,27+,35+/m00/s1. The van der Waals surface area contributed by atoms with Gasteiger partial charge < -0.3 is 40.9 Å². The van der Waals surface area contributed by atoms with Gasteiger partial charge in [-0.15, -0.1) is 0 Å². The summed E-state index contributed by atoms with van der Waals surface area (Å²) < 4.78 is 5.24. The minimum absolute atomic E-state index is 0.00655. The minimum atomic E-state index is -0.971. The number of piperidine rings is 2. The lowest BCUT2D eigenvalue weighted by Crippen LogP contribution is -2.62. The van der Waals surface area contributed by atoms with E-state index in [0.717, 1.165) is 148 Å². The van der Waals surface area contributed by atoms with E-state index in [2.05, 4.69) is 86.5 Å². The van der Waals surface area contributed by atoms with Crippen molar-refractivity contribution in [2.75, 3.05) is 33.3 Å². The van der Waals surface area contributed by atoms with Crippen molar-refractivity contribution in [2.45, 2.75) is 311 Å². The Kier molecular flexibility index (Phi) is 20.1. The molecule has 502 valence electrons. The van der Waals surface area contributed by atoms with E-state index in [4.69, 9.17) is 4.74 Å². The number of amides is 6. The number of hydrogen-bond donors (Lipinski definition) is 5. The lowest BCUT2D eigenvalue weighted by Gasteiger charge is -2.40. The van der Waals surface area contributed by atoms with Gasteiger partial charge in [0, 0.05) is 36.0 Å². The Morgan fingerprint density at radius 1 is 0.461 bits per heavy atom. The highest BCUT2D eigenvalue weighted by Crippen LogP contribution is 2.89. The second kappa shape index (κ2) is 25.9. The van der Waals surface area contributed by atoms with E-state index in [0.29, 0.717) is 25.9 Å². The van der Waals surface area contributed by atoms with Crippen molar-refractivity contribution >= 4 is 47.4 Å². The first-order valence-electron chi connectivity index (χ1n) is 35.3. The van der Waals surface area contributed by atoms with Gasteiger partial charge in [-0.2, -0.15) is 0 Å². The smallest absolute Gasteiger partial charge is 0.328 e. The number of nitrogens with zero attached hydrogens (tertiary/aromatic N) is 4. The molecular weight excluding hydrogens is 1120 g/mol. The third kappa shape index (κ3) is 12.2. The van der Waals surface area contributed by atoms with Crippen LogP contribution in [0.3, 0.4) is 0 Å². The van der Waals surface area contributed by atoms with E-state index in [1.54, 1.807) is 9.80 Å². The zero-order valence-electron chi connectivity index (χ0n) is 57.6. The van der Waals surface area contributed by atoms with E-state index in [1.807, 2.05) is 41.5 Å². The highest BCUT2D eigenvalue weighted by Gasteiger charge is 2.86. The van der Waals surface area contributed by atoms with Crippen molar-refractivity contribution < 1.29 is 48.2 Å². The molecule has 18 heteroatoms. The number of likely N-dealkylation sites (tertiary alicyclic amines) is 4. The summed E-state index contributed by atoms with van der Waals surface area (Å²) in [5.41, 5.74) is -1.26. The van der Waals surface area contributed by atoms with Crippen molar-refractivity contribution in [1.29, 1.82) is 0 Å². The number of methoxy groups -OCH3 is 1. The normalized spacial score (nSPS) is 31.2. The third-order valence-electron chi connectivity index (χ3n) is 26.2. The van der Waals surface area contributed by atoms with Gasteiger partial charge in [-0.25, -0.2) is 9.59 Å². The van der Waals surface area contributed by atoms with Gasteiger partial charge in [0.2, 0.25) is 35.4 Å². The van der Waals surface area contributed by atoms with Crippen LogP contribution in [0.2, 0.25) is 0 Å². The maximum atomic E-state index is 14.6. The molecule has 5 N–H and O–H groups in total. The molecule has 0 aromatic carbocycles. The minimum Gasteiger partial charge on any atom is -0.480 e. The van der Waals surface area contributed by atoms with Crippen LogP contribution in [0.25, 0.3) is 0 Å². The molecule has 0 bridgehead atoms. The monoisotopic (exact) mass is 1240 g/mol. The zero-order chi connectivity index (χ0) is 65.2. The first-order chi connectivity index (χ1) is 41.7. The Balaban J connectivity index is 0.000000211. The molecule has 0 aromatic heterocycles. The number of rotatable bonds is 16. The van der Waals surface area contributed by atoms with Gasteiger partial charge in [0.15, 0.2) is 0 Å². The predicted octanol–water partition coefficient (Wildman–Crippen LogP) is 9.54. The fraction of sp³-hybridized carbons (Fsp3) is 0.887. The molecule has 18 nitrogen and oxygen atoms in total. The van der Waals surface area contributed by atoms with Crippen LogP contribution < -0.4 is 21.3 Å². The summed E-state index contributed by atoms with van der Waals surface area (Å²) in [6.07, 6.45) is 23.4. The number of hydrogen-bond acceptors (Lipinski definition) is 11. The Morgan fingerprint density at radius 2 is 0.809 bits per heavy atom. The first kappa shape index (κ1) is 69.0.